The van der Waals surface area contributed by atoms with E-state index in [0.717, 1.165) is 23.4 Å². The van der Waals surface area contributed by atoms with Crippen molar-refractivity contribution in [1.29, 1.82) is 0 Å². The molecule has 0 aliphatic heterocycles. The Labute approximate surface area is 139 Å². The van der Waals surface area contributed by atoms with Gasteiger partial charge < -0.3 is 9.67 Å². The second-order valence-corrected chi connectivity index (χ2v) is 5.36. The Kier molecular flexibility index (Phi) is 4.29. The molecule has 0 aliphatic rings. The summed E-state index contributed by atoms with van der Waals surface area (Å²) in [7, 11) is 0. The molecule has 3 rings (SSSR count). The van der Waals surface area contributed by atoms with Crippen molar-refractivity contribution in [3.8, 4) is 5.75 Å². The summed E-state index contributed by atoms with van der Waals surface area (Å²) in [5, 5.41) is 13.5. The zero-order valence-electron chi connectivity index (χ0n) is 13.5. The Hall–Kier alpha value is -3.15. The van der Waals surface area contributed by atoms with Gasteiger partial charge in [-0.3, -0.25) is 4.79 Å². The highest BCUT2D eigenvalue weighted by atomic mass is 16.3. The van der Waals surface area contributed by atoms with Crippen LogP contribution < -0.4 is 5.43 Å². The maximum Gasteiger partial charge on any atom is 0.271 e. The Balaban J connectivity index is 1.78. The van der Waals surface area contributed by atoms with Crippen LogP contribution in [0.4, 0.5) is 0 Å². The van der Waals surface area contributed by atoms with Crippen LogP contribution in [0.1, 0.15) is 28.7 Å². The normalized spacial score (nSPS) is 11.2. The summed E-state index contributed by atoms with van der Waals surface area (Å²) in [6.45, 7) is 4.83. The zero-order valence-corrected chi connectivity index (χ0v) is 13.5. The van der Waals surface area contributed by atoms with Gasteiger partial charge in [0.05, 0.1) is 17.2 Å². The molecule has 0 saturated carbocycles. The van der Waals surface area contributed by atoms with Crippen molar-refractivity contribution in [2.75, 3.05) is 0 Å². The number of amides is 1. The molecule has 1 heterocycles. The smallest absolute Gasteiger partial charge is 0.271 e. The molecule has 1 aromatic heterocycles. The van der Waals surface area contributed by atoms with E-state index >= 15 is 0 Å². The van der Waals surface area contributed by atoms with E-state index in [-0.39, 0.29) is 11.7 Å². The van der Waals surface area contributed by atoms with E-state index in [2.05, 4.69) is 27.0 Å². The van der Waals surface area contributed by atoms with Crippen molar-refractivity contribution in [2.24, 2.45) is 5.10 Å². The number of nitrogens with zero attached hydrogens (tertiary/aromatic N) is 3. The molecule has 0 spiro atoms. The van der Waals surface area contributed by atoms with Gasteiger partial charge in [-0.05, 0) is 44.2 Å². The first-order chi connectivity index (χ1) is 11.6. The molecule has 0 fully saturated rings. The minimum absolute atomic E-state index is 0.109. The van der Waals surface area contributed by atoms with Crippen LogP contribution in [0.25, 0.3) is 11.0 Å². The van der Waals surface area contributed by atoms with E-state index in [1.165, 1.54) is 6.21 Å². The molecule has 0 radical (unpaired) electrons. The summed E-state index contributed by atoms with van der Waals surface area (Å²) in [6.07, 6.45) is 1.40. The number of aromatic hydroxyl groups is 1. The first kappa shape index (κ1) is 15.7. The van der Waals surface area contributed by atoms with Crippen LogP contribution in [0.15, 0.2) is 47.6 Å². The summed E-state index contributed by atoms with van der Waals surface area (Å²) in [5.41, 5.74) is 5.26. The number of fused-ring (bicyclic) bond motifs is 1. The molecule has 122 valence electrons. The van der Waals surface area contributed by atoms with Crippen LogP contribution in [-0.4, -0.2) is 26.8 Å². The minimum atomic E-state index is -0.327. The average molecular weight is 322 g/mol. The van der Waals surface area contributed by atoms with E-state index in [0.29, 0.717) is 11.1 Å². The lowest BCUT2D eigenvalue weighted by molar-refractivity contribution is 0.0955. The van der Waals surface area contributed by atoms with Gasteiger partial charge in [0.1, 0.15) is 11.6 Å². The van der Waals surface area contributed by atoms with Crippen molar-refractivity contribution in [1.82, 2.24) is 15.0 Å². The largest absolute Gasteiger partial charge is 0.507 e. The van der Waals surface area contributed by atoms with E-state index in [1.54, 1.807) is 36.4 Å². The summed E-state index contributed by atoms with van der Waals surface area (Å²) in [6, 6.07) is 12.2. The van der Waals surface area contributed by atoms with Gasteiger partial charge in [0.25, 0.3) is 5.91 Å². The number of carbonyl (C=O) groups is 1. The highest BCUT2D eigenvalue weighted by Gasteiger charge is 2.10. The number of phenols is 1. The Morgan fingerprint density at radius 2 is 2.12 bits per heavy atom. The number of hydrogen-bond acceptors (Lipinski definition) is 4. The molecule has 0 aliphatic carbocycles. The number of carbonyl (C=O) groups excluding carboxylic acids is 1. The molecular formula is C18H18N4O2. The molecule has 0 bridgehead atoms. The molecule has 0 unspecified atom stereocenters. The number of hydrogen-bond donors (Lipinski definition) is 2. The molecule has 0 atom stereocenters. The van der Waals surface area contributed by atoms with Crippen molar-refractivity contribution >= 4 is 23.2 Å². The molecule has 0 saturated heterocycles. The number of rotatable bonds is 4. The number of aromatic nitrogens is 2. The van der Waals surface area contributed by atoms with Gasteiger partial charge in [0.15, 0.2) is 0 Å². The van der Waals surface area contributed by atoms with Gasteiger partial charge >= 0.3 is 0 Å². The van der Waals surface area contributed by atoms with Crippen LogP contribution in [0.5, 0.6) is 5.75 Å². The quantitative estimate of drug-likeness (QED) is 0.572. The summed E-state index contributed by atoms with van der Waals surface area (Å²) < 4.78 is 2.09. The lowest BCUT2D eigenvalue weighted by atomic mass is 10.2. The molecule has 1 amide bonds. The van der Waals surface area contributed by atoms with E-state index in [1.807, 2.05) is 13.0 Å². The van der Waals surface area contributed by atoms with Gasteiger partial charge in [-0.15, -0.1) is 0 Å². The summed E-state index contributed by atoms with van der Waals surface area (Å²) in [5.74, 6) is 0.701. The topological polar surface area (TPSA) is 79.5 Å². The lowest BCUT2D eigenvalue weighted by Gasteiger charge is -2.03. The van der Waals surface area contributed by atoms with Crippen LogP contribution in [0.3, 0.4) is 0 Å². The van der Waals surface area contributed by atoms with E-state index < -0.39 is 0 Å². The predicted molar refractivity (Wildman–Crippen MR) is 93.3 cm³/mol. The Bertz CT molecular complexity index is 928. The SMILES string of the molecule is CCn1c(C)nc2cc(C(=O)NN=Cc3ccccc3O)ccc21. The number of benzene rings is 2. The van der Waals surface area contributed by atoms with Gasteiger partial charge in [0, 0.05) is 17.7 Å². The molecule has 24 heavy (non-hydrogen) atoms. The number of phenolic OH excluding ortho intramolecular Hbond substituents is 1. The Morgan fingerprint density at radius 1 is 1.33 bits per heavy atom. The number of hydrazone groups is 1. The van der Waals surface area contributed by atoms with Gasteiger partial charge in [-0.1, -0.05) is 12.1 Å². The zero-order chi connectivity index (χ0) is 17.1. The van der Waals surface area contributed by atoms with E-state index in [4.69, 9.17) is 0 Å². The molecular weight excluding hydrogens is 304 g/mol. The number of para-hydroxylation sites is 1. The molecule has 6 heteroatoms. The van der Waals surface area contributed by atoms with Gasteiger partial charge in [0.2, 0.25) is 0 Å². The van der Waals surface area contributed by atoms with Crippen LogP contribution in [-0.2, 0) is 6.54 Å². The van der Waals surface area contributed by atoms with Gasteiger partial charge in [-0.2, -0.15) is 5.10 Å². The average Bonchev–Trinajstić information content (AvgIpc) is 2.90. The second kappa shape index (κ2) is 6.54. The molecule has 2 N–H and O–H groups in total. The highest BCUT2D eigenvalue weighted by Crippen LogP contribution is 2.18. The molecule has 6 nitrogen and oxygen atoms in total. The monoisotopic (exact) mass is 322 g/mol. The molecule has 2 aromatic carbocycles. The lowest BCUT2D eigenvalue weighted by Crippen LogP contribution is -2.17. The van der Waals surface area contributed by atoms with Crippen LogP contribution in [0.2, 0.25) is 0 Å². The minimum Gasteiger partial charge on any atom is -0.507 e. The van der Waals surface area contributed by atoms with E-state index in [9.17, 15) is 9.90 Å². The third-order valence-electron chi connectivity index (χ3n) is 3.82. The number of aryl methyl sites for hydroxylation is 2. The Morgan fingerprint density at radius 3 is 2.88 bits per heavy atom. The van der Waals surface area contributed by atoms with Crippen LogP contribution >= 0.6 is 0 Å². The summed E-state index contributed by atoms with van der Waals surface area (Å²) in [4.78, 5) is 16.7. The maximum atomic E-state index is 12.2. The third kappa shape index (κ3) is 2.99. The number of nitrogens with one attached hydrogen (secondary N) is 1. The standard InChI is InChI=1S/C18H18N4O2/c1-3-22-12(2)20-15-10-13(8-9-16(15)22)18(24)21-19-11-14-6-4-5-7-17(14)23/h4-11,23H,3H2,1-2H3,(H,21,24). The highest BCUT2D eigenvalue weighted by molar-refractivity contribution is 5.98. The van der Waals surface area contributed by atoms with Crippen molar-refractivity contribution in [2.45, 2.75) is 20.4 Å². The fourth-order valence-electron chi connectivity index (χ4n) is 2.61. The molecule has 3 aromatic rings. The van der Waals surface area contributed by atoms with Crippen molar-refractivity contribution in [3.05, 3.63) is 59.4 Å². The summed E-state index contributed by atoms with van der Waals surface area (Å²) >= 11 is 0. The second-order valence-electron chi connectivity index (χ2n) is 5.36. The van der Waals surface area contributed by atoms with Crippen molar-refractivity contribution < 1.29 is 9.90 Å². The first-order valence-electron chi connectivity index (χ1n) is 7.68. The van der Waals surface area contributed by atoms with Crippen LogP contribution in [0, 0.1) is 6.92 Å². The fourth-order valence-corrected chi connectivity index (χ4v) is 2.61. The van der Waals surface area contributed by atoms with Crippen molar-refractivity contribution in [3.63, 3.8) is 0 Å². The number of imidazole rings is 1. The third-order valence-corrected chi connectivity index (χ3v) is 3.82. The maximum absolute atomic E-state index is 12.2. The van der Waals surface area contributed by atoms with Gasteiger partial charge in [-0.25, -0.2) is 10.4 Å². The first-order valence-corrected chi connectivity index (χ1v) is 7.68. The predicted octanol–water partition coefficient (Wildman–Crippen LogP) is 2.83. The fraction of sp³-hybridized carbons (Fsp3) is 0.167.